The lowest BCUT2D eigenvalue weighted by atomic mass is 10.0. The zero-order chi connectivity index (χ0) is 26.5. The van der Waals surface area contributed by atoms with E-state index >= 15 is 0 Å². The van der Waals surface area contributed by atoms with Crippen LogP contribution in [0.5, 0.6) is 0 Å². The Bertz CT molecular complexity index is 1660. The van der Waals surface area contributed by atoms with Crippen LogP contribution in [0.2, 0.25) is 0 Å². The van der Waals surface area contributed by atoms with Crippen LogP contribution in [-0.2, 0) is 28.9 Å². The molecule has 0 spiro atoms. The molecule has 192 valence electrons. The number of sulfonamides is 1. The van der Waals surface area contributed by atoms with Gasteiger partial charge in [0, 0.05) is 31.1 Å². The van der Waals surface area contributed by atoms with E-state index in [0.29, 0.717) is 23.5 Å². The maximum atomic E-state index is 14.8. The number of hydrogen-bond donors (Lipinski definition) is 1. The zero-order valence-electron chi connectivity index (χ0n) is 20.9. The molecule has 5 aromatic rings. The van der Waals surface area contributed by atoms with E-state index in [4.69, 9.17) is 0 Å². The van der Waals surface area contributed by atoms with Crippen LogP contribution in [0.1, 0.15) is 16.7 Å². The third-order valence-electron chi connectivity index (χ3n) is 6.38. The summed E-state index contributed by atoms with van der Waals surface area (Å²) in [7, 11) is -2.15. The van der Waals surface area contributed by atoms with Crippen molar-refractivity contribution in [1.29, 1.82) is 0 Å². The molecule has 0 unspecified atom stereocenters. The molecule has 0 aliphatic heterocycles. The first-order valence-corrected chi connectivity index (χ1v) is 13.8. The standard InChI is InChI=1S/C30H27FN4O2S/c1-35(38(36,37)20-23-10-6-3-7-11-23)19-26-16-24(12-14-28(26)31)25-13-15-29-27(17-25)30(34-21-33-29)32-18-22-8-4-2-5-9-22/h2-17,21H,18-20H2,1H3,(H,32,33,34). The summed E-state index contributed by atoms with van der Waals surface area (Å²) >= 11 is 0. The lowest BCUT2D eigenvalue weighted by Gasteiger charge is -2.18. The second-order valence-corrected chi connectivity index (χ2v) is 11.2. The van der Waals surface area contributed by atoms with Crippen molar-refractivity contribution in [1.82, 2.24) is 14.3 Å². The van der Waals surface area contributed by atoms with Crippen LogP contribution in [0.15, 0.2) is 103 Å². The molecule has 1 N–H and O–H groups in total. The van der Waals surface area contributed by atoms with Crippen LogP contribution in [-0.4, -0.2) is 29.7 Å². The van der Waals surface area contributed by atoms with Gasteiger partial charge >= 0.3 is 0 Å². The van der Waals surface area contributed by atoms with E-state index in [1.165, 1.54) is 23.7 Å². The Morgan fingerprint density at radius 1 is 0.816 bits per heavy atom. The fraction of sp³-hybridized carbons (Fsp3) is 0.133. The zero-order valence-corrected chi connectivity index (χ0v) is 21.7. The van der Waals surface area contributed by atoms with Crippen LogP contribution in [0.3, 0.4) is 0 Å². The monoisotopic (exact) mass is 526 g/mol. The summed E-state index contributed by atoms with van der Waals surface area (Å²) < 4.78 is 41.8. The molecule has 38 heavy (non-hydrogen) atoms. The summed E-state index contributed by atoms with van der Waals surface area (Å²) in [5.41, 5.74) is 4.52. The summed E-state index contributed by atoms with van der Waals surface area (Å²) in [4.78, 5) is 8.81. The molecule has 0 aliphatic carbocycles. The Kier molecular flexibility index (Phi) is 7.44. The number of nitrogens with zero attached hydrogens (tertiary/aromatic N) is 3. The maximum absolute atomic E-state index is 14.8. The highest BCUT2D eigenvalue weighted by Crippen LogP contribution is 2.29. The van der Waals surface area contributed by atoms with Gasteiger partial charge in [0.05, 0.1) is 11.3 Å². The molecule has 0 atom stereocenters. The predicted octanol–water partition coefficient (Wildman–Crippen LogP) is 6.01. The van der Waals surface area contributed by atoms with E-state index in [1.54, 1.807) is 36.4 Å². The van der Waals surface area contributed by atoms with Crippen molar-refractivity contribution in [2.45, 2.75) is 18.8 Å². The molecule has 0 fully saturated rings. The van der Waals surface area contributed by atoms with Gasteiger partial charge in [-0.1, -0.05) is 72.8 Å². The van der Waals surface area contributed by atoms with Gasteiger partial charge in [-0.3, -0.25) is 0 Å². The van der Waals surface area contributed by atoms with Crippen molar-refractivity contribution >= 4 is 26.7 Å². The highest BCUT2D eigenvalue weighted by atomic mass is 32.2. The molecule has 0 saturated carbocycles. The normalized spacial score (nSPS) is 11.7. The molecule has 0 amide bonds. The van der Waals surface area contributed by atoms with Gasteiger partial charge in [-0.15, -0.1) is 0 Å². The van der Waals surface area contributed by atoms with Crippen molar-refractivity contribution in [2.75, 3.05) is 12.4 Å². The van der Waals surface area contributed by atoms with E-state index < -0.39 is 15.8 Å². The SMILES string of the molecule is CN(Cc1cc(-c2ccc3ncnc(NCc4ccccc4)c3c2)ccc1F)S(=O)(=O)Cc1ccccc1. The molecule has 0 bridgehead atoms. The average Bonchev–Trinajstić information content (AvgIpc) is 2.93. The second-order valence-electron chi connectivity index (χ2n) is 9.10. The molecule has 0 aliphatic rings. The van der Waals surface area contributed by atoms with Gasteiger partial charge in [-0.25, -0.2) is 27.1 Å². The number of anilines is 1. The smallest absolute Gasteiger partial charge is 0.218 e. The summed E-state index contributed by atoms with van der Waals surface area (Å²) in [5.74, 6) is 0.106. The van der Waals surface area contributed by atoms with E-state index in [9.17, 15) is 12.8 Å². The number of rotatable bonds is 9. The van der Waals surface area contributed by atoms with Crippen molar-refractivity contribution in [3.05, 3.63) is 126 Å². The first-order chi connectivity index (χ1) is 18.4. The Morgan fingerprint density at radius 3 is 2.21 bits per heavy atom. The summed E-state index contributed by atoms with van der Waals surface area (Å²) in [6.07, 6.45) is 1.52. The van der Waals surface area contributed by atoms with Crippen LogP contribution >= 0.6 is 0 Å². The molecule has 8 heteroatoms. The highest BCUT2D eigenvalue weighted by molar-refractivity contribution is 7.88. The fourth-order valence-corrected chi connectivity index (χ4v) is 5.44. The van der Waals surface area contributed by atoms with E-state index in [0.717, 1.165) is 27.6 Å². The van der Waals surface area contributed by atoms with Crippen LogP contribution in [0.25, 0.3) is 22.0 Å². The summed E-state index contributed by atoms with van der Waals surface area (Å²) in [6, 6.07) is 29.6. The minimum Gasteiger partial charge on any atom is -0.365 e. The lowest BCUT2D eigenvalue weighted by molar-refractivity contribution is 0.455. The van der Waals surface area contributed by atoms with Crippen molar-refractivity contribution in [2.24, 2.45) is 0 Å². The number of hydrogen-bond acceptors (Lipinski definition) is 5. The summed E-state index contributed by atoms with van der Waals surface area (Å²) in [6.45, 7) is 0.539. The van der Waals surface area contributed by atoms with Crippen LogP contribution in [0.4, 0.5) is 10.2 Å². The third kappa shape index (κ3) is 5.88. The van der Waals surface area contributed by atoms with E-state index in [1.807, 2.05) is 54.6 Å². The van der Waals surface area contributed by atoms with Crippen molar-refractivity contribution in [3.63, 3.8) is 0 Å². The predicted molar refractivity (Wildman–Crippen MR) is 149 cm³/mol. The molecule has 1 aromatic heterocycles. The Labute approximate surface area is 221 Å². The highest BCUT2D eigenvalue weighted by Gasteiger charge is 2.20. The third-order valence-corrected chi connectivity index (χ3v) is 8.15. The van der Waals surface area contributed by atoms with Crippen molar-refractivity contribution < 1.29 is 12.8 Å². The van der Waals surface area contributed by atoms with E-state index in [2.05, 4.69) is 15.3 Å². The molecule has 0 saturated heterocycles. The topological polar surface area (TPSA) is 75.2 Å². The number of aromatic nitrogens is 2. The van der Waals surface area contributed by atoms with E-state index in [-0.39, 0.29) is 12.3 Å². The van der Waals surface area contributed by atoms with Crippen LogP contribution in [0, 0.1) is 5.82 Å². The van der Waals surface area contributed by atoms with Gasteiger partial charge in [0.1, 0.15) is 18.0 Å². The molecule has 5 rings (SSSR count). The molecule has 4 aromatic carbocycles. The Balaban J connectivity index is 1.40. The molecular formula is C30H27FN4O2S. The quantitative estimate of drug-likeness (QED) is 0.255. The summed E-state index contributed by atoms with van der Waals surface area (Å²) in [5, 5.41) is 4.22. The number of halogens is 1. The maximum Gasteiger partial charge on any atom is 0.218 e. The molecule has 6 nitrogen and oxygen atoms in total. The van der Waals surface area contributed by atoms with Gasteiger partial charge in [0.25, 0.3) is 0 Å². The van der Waals surface area contributed by atoms with Gasteiger partial charge in [0.2, 0.25) is 10.0 Å². The number of benzene rings is 4. The first-order valence-electron chi connectivity index (χ1n) is 12.2. The molecule has 1 heterocycles. The fourth-order valence-electron chi connectivity index (χ4n) is 4.27. The first kappa shape index (κ1) is 25.5. The van der Waals surface area contributed by atoms with Gasteiger partial charge < -0.3 is 5.32 Å². The number of fused-ring (bicyclic) bond motifs is 1. The lowest BCUT2D eigenvalue weighted by Crippen LogP contribution is -2.28. The Morgan fingerprint density at radius 2 is 1.47 bits per heavy atom. The molecular weight excluding hydrogens is 499 g/mol. The van der Waals surface area contributed by atoms with Gasteiger partial charge in [-0.2, -0.15) is 0 Å². The second kappa shape index (κ2) is 11.1. The van der Waals surface area contributed by atoms with Crippen molar-refractivity contribution in [3.8, 4) is 11.1 Å². The minimum atomic E-state index is -3.63. The minimum absolute atomic E-state index is 0.0740. The number of nitrogens with one attached hydrogen (secondary N) is 1. The van der Waals surface area contributed by atoms with Gasteiger partial charge in [-0.05, 0) is 46.5 Å². The largest absolute Gasteiger partial charge is 0.365 e. The van der Waals surface area contributed by atoms with Crippen LogP contribution < -0.4 is 5.32 Å². The van der Waals surface area contributed by atoms with Gasteiger partial charge in [0.15, 0.2) is 0 Å². The molecule has 0 radical (unpaired) electrons. The average molecular weight is 527 g/mol. The Hall–Kier alpha value is -4.14.